The molecule has 116 valence electrons. The molecule has 0 radical (unpaired) electrons. The fourth-order valence-electron chi connectivity index (χ4n) is 3.49. The summed E-state index contributed by atoms with van der Waals surface area (Å²) < 4.78 is 0. The second-order valence-corrected chi connectivity index (χ2v) is 6.64. The maximum atomic E-state index is 12.3. The Hall–Kier alpha value is -0.610. The second-order valence-electron chi connectivity index (χ2n) is 6.64. The summed E-state index contributed by atoms with van der Waals surface area (Å²) in [5, 5.41) is 6.65. The van der Waals surface area contributed by atoms with Crippen LogP contribution in [0.5, 0.6) is 0 Å². The van der Waals surface area contributed by atoms with E-state index in [1.807, 2.05) is 0 Å². The maximum Gasteiger partial charge on any atom is 0.234 e. The maximum absolute atomic E-state index is 12.3. The van der Waals surface area contributed by atoms with Crippen LogP contribution >= 0.6 is 0 Å². The molecule has 4 nitrogen and oxygen atoms in total. The van der Waals surface area contributed by atoms with Gasteiger partial charge in [-0.2, -0.15) is 0 Å². The molecule has 1 unspecified atom stereocenters. The second kappa shape index (κ2) is 7.99. The molecule has 1 aliphatic heterocycles. The zero-order valence-corrected chi connectivity index (χ0v) is 13.2. The van der Waals surface area contributed by atoms with E-state index in [9.17, 15) is 4.79 Å². The van der Waals surface area contributed by atoms with E-state index >= 15 is 0 Å². The summed E-state index contributed by atoms with van der Waals surface area (Å²) in [5.74, 6) is 1.06. The summed E-state index contributed by atoms with van der Waals surface area (Å²) >= 11 is 0. The minimum absolute atomic E-state index is 0.227. The van der Waals surface area contributed by atoms with Crippen molar-refractivity contribution in [3.63, 3.8) is 0 Å². The first-order chi connectivity index (χ1) is 9.69. The molecule has 2 aliphatic rings. The van der Waals surface area contributed by atoms with E-state index < -0.39 is 0 Å². The van der Waals surface area contributed by atoms with Gasteiger partial charge < -0.3 is 10.6 Å². The van der Waals surface area contributed by atoms with Crippen molar-refractivity contribution in [3.8, 4) is 0 Å². The van der Waals surface area contributed by atoms with Crippen LogP contribution in [0.4, 0.5) is 0 Å². The zero-order chi connectivity index (χ0) is 14.4. The number of nitrogens with zero attached hydrogens (tertiary/aromatic N) is 1. The Kier molecular flexibility index (Phi) is 6.30. The lowest BCUT2D eigenvalue weighted by Gasteiger charge is -2.30. The molecule has 0 bridgehead atoms. The summed E-state index contributed by atoms with van der Waals surface area (Å²) in [6, 6.07) is 0.968. The average molecular weight is 281 g/mol. The van der Waals surface area contributed by atoms with Gasteiger partial charge in [0.25, 0.3) is 0 Å². The molecule has 0 spiro atoms. The predicted octanol–water partition coefficient (Wildman–Crippen LogP) is 1.76. The van der Waals surface area contributed by atoms with E-state index in [0.29, 0.717) is 18.6 Å². The molecular weight excluding hydrogens is 250 g/mol. The van der Waals surface area contributed by atoms with Gasteiger partial charge in [0.2, 0.25) is 5.91 Å². The lowest BCUT2D eigenvalue weighted by atomic mass is 9.87. The van der Waals surface area contributed by atoms with Crippen LogP contribution in [0.15, 0.2) is 0 Å². The first-order valence-corrected chi connectivity index (χ1v) is 8.43. The highest BCUT2D eigenvalue weighted by molar-refractivity contribution is 5.78. The van der Waals surface area contributed by atoms with Gasteiger partial charge in [-0.1, -0.05) is 13.8 Å². The van der Waals surface area contributed by atoms with E-state index in [1.165, 1.54) is 19.3 Å². The number of hydrogen-bond donors (Lipinski definition) is 2. The highest BCUT2D eigenvalue weighted by Crippen LogP contribution is 2.23. The molecular formula is C16H31N3O. The molecule has 1 aliphatic carbocycles. The van der Waals surface area contributed by atoms with Gasteiger partial charge in [-0.05, 0) is 57.5 Å². The number of hydrogen-bond acceptors (Lipinski definition) is 3. The predicted molar refractivity (Wildman–Crippen MR) is 82.7 cm³/mol. The van der Waals surface area contributed by atoms with Gasteiger partial charge in [0.05, 0.1) is 6.54 Å². The molecule has 1 amide bonds. The van der Waals surface area contributed by atoms with Crippen molar-refractivity contribution >= 4 is 5.91 Å². The molecule has 2 fully saturated rings. The van der Waals surface area contributed by atoms with Gasteiger partial charge >= 0.3 is 0 Å². The van der Waals surface area contributed by atoms with Crippen molar-refractivity contribution in [1.82, 2.24) is 15.5 Å². The molecule has 4 heteroatoms. The molecule has 1 saturated carbocycles. The van der Waals surface area contributed by atoms with E-state index in [4.69, 9.17) is 0 Å². The number of amides is 1. The van der Waals surface area contributed by atoms with Crippen molar-refractivity contribution in [1.29, 1.82) is 0 Å². The van der Waals surface area contributed by atoms with Crippen molar-refractivity contribution in [2.75, 3.05) is 26.2 Å². The van der Waals surface area contributed by atoms with Gasteiger partial charge in [-0.3, -0.25) is 9.69 Å². The number of nitrogens with one attached hydrogen (secondary N) is 2. The summed E-state index contributed by atoms with van der Waals surface area (Å²) in [5.41, 5.74) is 0. The average Bonchev–Trinajstić information content (AvgIpc) is 2.95. The van der Waals surface area contributed by atoms with Crippen LogP contribution in [0.3, 0.4) is 0 Å². The Morgan fingerprint density at radius 1 is 1.25 bits per heavy atom. The van der Waals surface area contributed by atoms with Gasteiger partial charge in [0.15, 0.2) is 0 Å². The Balaban J connectivity index is 1.75. The molecule has 1 heterocycles. The fraction of sp³-hybridized carbons (Fsp3) is 0.938. The Labute approximate surface area is 123 Å². The van der Waals surface area contributed by atoms with Gasteiger partial charge in [0.1, 0.15) is 0 Å². The summed E-state index contributed by atoms with van der Waals surface area (Å²) in [6.45, 7) is 8.23. The normalized spacial score (nSPS) is 30.6. The van der Waals surface area contributed by atoms with E-state index in [0.717, 1.165) is 44.8 Å². The lowest BCUT2D eigenvalue weighted by molar-refractivity contribution is -0.123. The third kappa shape index (κ3) is 4.74. The lowest BCUT2D eigenvalue weighted by Crippen LogP contribution is -2.47. The topological polar surface area (TPSA) is 44.4 Å². The number of carbonyl (C=O) groups excluding carboxylic acids is 1. The molecule has 0 aromatic heterocycles. The minimum Gasteiger partial charge on any atom is -0.352 e. The first kappa shape index (κ1) is 15.8. The van der Waals surface area contributed by atoms with E-state index in [2.05, 4.69) is 29.4 Å². The van der Waals surface area contributed by atoms with Gasteiger partial charge in [-0.15, -0.1) is 0 Å². The van der Waals surface area contributed by atoms with Crippen molar-refractivity contribution in [2.45, 2.75) is 64.5 Å². The first-order valence-electron chi connectivity index (χ1n) is 8.43. The molecule has 20 heavy (non-hydrogen) atoms. The number of rotatable bonds is 6. The Morgan fingerprint density at radius 3 is 2.60 bits per heavy atom. The smallest absolute Gasteiger partial charge is 0.234 e. The Morgan fingerprint density at radius 2 is 2.00 bits per heavy atom. The van der Waals surface area contributed by atoms with Gasteiger partial charge in [0, 0.05) is 18.6 Å². The molecule has 0 aromatic rings. The SMILES string of the molecule is CCCN(CC(=O)NC1CCC(C)CC1)C1CCNC1. The highest BCUT2D eigenvalue weighted by atomic mass is 16.2. The summed E-state index contributed by atoms with van der Waals surface area (Å²) in [6.07, 6.45) is 7.13. The molecule has 2 rings (SSSR count). The van der Waals surface area contributed by atoms with Crippen molar-refractivity contribution in [3.05, 3.63) is 0 Å². The molecule has 0 aromatic carbocycles. The summed E-state index contributed by atoms with van der Waals surface area (Å²) in [7, 11) is 0. The fourth-order valence-corrected chi connectivity index (χ4v) is 3.49. The highest BCUT2D eigenvalue weighted by Gasteiger charge is 2.25. The third-order valence-electron chi connectivity index (χ3n) is 4.79. The van der Waals surface area contributed by atoms with Crippen molar-refractivity contribution < 1.29 is 4.79 Å². The third-order valence-corrected chi connectivity index (χ3v) is 4.79. The van der Waals surface area contributed by atoms with Crippen LogP contribution in [0.25, 0.3) is 0 Å². The van der Waals surface area contributed by atoms with E-state index in [1.54, 1.807) is 0 Å². The van der Waals surface area contributed by atoms with Crippen LogP contribution in [0.2, 0.25) is 0 Å². The quantitative estimate of drug-likeness (QED) is 0.780. The molecule has 1 saturated heterocycles. The van der Waals surface area contributed by atoms with Crippen LogP contribution in [-0.4, -0.2) is 49.1 Å². The largest absolute Gasteiger partial charge is 0.352 e. The van der Waals surface area contributed by atoms with Crippen LogP contribution in [0, 0.1) is 5.92 Å². The van der Waals surface area contributed by atoms with Crippen LogP contribution in [0.1, 0.15) is 52.4 Å². The van der Waals surface area contributed by atoms with Gasteiger partial charge in [-0.25, -0.2) is 0 Å². The van der Waals surface area contributed by atoms with E-state index in [-0.39, 0.29) is 5.91 Å². The Bertz CT molecular complexity index is 294. The van der Waals surface area contributed by atoms with Crippen LogP contribution < -0.4 is 10.6 Å². The molecule has 1 atom stereocenters. The van der Waals surface area contributed by atoms with Crippen molar-refractivity contribution in [2.24, 2.45) is 5.92 Å². The summed E-state index contributed by atoms with van der Waals surface area (Å²) in [4.78, 5) is 14.6. The van der Waals surface area contributed by atoms with Crippen LogP contribution in [-0.2, 0) is 4.79 Å². The molecule has 2 N–H and O–H groups in total. The minimum atomic E-state index is 0.227. The number of carbonyl (C=O) groups is 1. The zero-order valence-electron chi connectivity index (χ0n) is 13.2. The standard InChI is InChI=1S/C16H31N3O/c1-3-10-19(15-8-9-17-11-15)12-16(20)18-14-6-4-13(2)5-7-14/h13-15,17H,3-12H2,1-2H3,(H,18,20). The monoisotopic (exact) mass is 281 g/mol.